The molecule has 1 amide bonds. The summed E-state index contributed by atoms with van der Waals surface area (Å²) < 4.78 is 0. The molecular weight excluding hydrogens is 274 g/mol. The lowest BCUT2D eigenvalue weighted by atomic mass is 9.86. The van der Waals surface area contributed by atoms with E-state index in [0.717, 1.165) is 11.1 Å². The Morgan fingerprint density at radius 1 is 0.955 bits per heavy atom. The van der Waals surface area contributed by atoms with Gasteiger partial charge >= 0.3 is 0 Å². The van der Waals surface area contributed by atoms with Crippen molar-refractivity contribution in [1.82, 2.24) is 0 Å². The van der Waals surface area contributed by atoms with Gasteiger partial charge < -0.3 is 11.5 Å². The van der Waals surface area contributed by atoms with Gasteiger partial charge in [0.2, 0.25) is 0 Å². The van der Waals surface area contributed by atoms with Crippen molar-refractivity contribution in [2.45, 2.75) is 26.2 Å². The second kappa shape index (κ2) is 6.02. The highest BCUT2D eigenvalue weighted by Gasteiger charge is 2.13. The molecule has 0 aromatic heterocycles. The molecule has 2 rings (SSSR count). The molecule has 0 radical (unpaired) electrons. The van der Waals surface area contributed by atoms with Crippen LogP contribution >= 0.6 is 0 Å². The molecule has 2 aromatic rings. The topological polar surface area (TPSA) is 81.5 Å². The minimum atomic E-state index is -0.437. The van der Waals surface area contributed by atoms with Crippen LogP contribution in [0.1, 0.15) is 36.7 Å². The molecule has 0 spiro atoms. The van der Waals surface area contributed by atoms with E-state index in [1.807, 2.05) is 12.1 Å². The Bertz CT molecular complexity index is 706. The van der Waals surface area contributed by atoms with Gasteiger partial charge in [-0.05, 0) is 34.2 Å². The maximum atomic E-state index is 11.9. The summed E-state index contributed by atoms with van der Waals surface area (Å²) in [5.74, 6) is -0.668. The van der Waals surface area contributed by atoms with Crippen molar-refractivity contribution in [3.05, 3.63) is 59.7 Å². The van der Waals surface area contributed by atoms with Crippen molar-refractivity contribution in [2.75, 3.05) is 0 Å². The molecule has 0 fully saturated rings. The first-order valence-corrected chi connectivity index (χ1v) is 7.12. The highest BCUT2D eigenvalue weighted by atomic mass is 16.1. The van der Waals surface area contributed by atoms with Gasteiger partial charge in [-0.15, -0.1) is 0 Å². The average Bonchev–Trinajstić information content (AvgIpc) is 2.46. The number of nitrogens with two attached hydrogens (primary N) is 2. The summed E-state index contributed by atoms with van der Waals surface area (Å²) in [6, 6.07) is 15.6. The lowest BCUT2D eigenvalue weighted by Gasteiger charge is -2.19. The SMILES string of the molecule is CC(C)(C)c1ccc(-c2cccc(C(=O)N=C(N)N)c2)cc1. The van der Waals surface area contributed by atoms with Crippen molar-refractivity contribution < 1.29 is 4.79 Å². The number of carbonyl (C=O) groups excluding carboxylic acids is 1. The van der Waals surface area contributed by atoms with Crippen molar-refractivity contribution in [3.63, 3.8) is 0 Å². The minimum absolute atomic E-state index is 0.115. The van der Waals surface area contributed by atoms with E-state index in [4.69, 9.17) is 11.5 Å². The van der Waals surface area contributed by atoms with Gasteiger partial charge in [-0.1, -0.05) is 57.2 Å². The third-order valence-corrected chi connectivity index (χ3v) is 3.42. The Labute approximate surface area is 130 Å². The number of benzene rings is 2. The maximum Gasteiger partial charge on any atom is 0.280 e. The molecular formula is C18H21N3O. The van der Waals surface area contributed by atoms with E-state index >= 15 is 0 Å². The predicted molar refractivity (Wildman–Crippen MR) is 90.7 cm³/mol. The molecule has 0 saturated heterocycles. The molecule has 2 aromatic carbocycles. The van der Waals surface area contributed by atoms with Crippen LogP contribution < -0.4 is 11.5 Å². The third kappa shape index (κ3) is 3.73. The van der Waals surface area contributed by atoms with Gasteiger partial charge in [0, 0.05) is 5.56 Å². The largest absolute Gasteiger partial charge is 0.370 e. The van der Waals surface area contributed by atoms with Crippen LogP contribution in [0.4, 0.5) is 0 Å². The van der Waals surface area contributed by atoms with E-state index in [-0.39, 0.29) is 11.4 Å². The summed E-state index contributed by atoms with van der Waals surface area (Å²) >= 11 is 0. The zero-order valence-electron chi connectivity index (χ0n) is 13.1. The van der Waals surface area contributed by atoms with Crippen molar-refractivity contribution >= 4 is 11.9 Å². The number of amides is 1. The fraction of sp³-hybridized carbons (Fsp3) is 0.222. The summed E-state index contributed by atoms with van der Waals surface area (Å²) in [7, 11) is 0. The fourth-order valence-corrected chi connectivity index (χ4v) is 2.18. The van der Waals surface area contributed by atoms with E-state index in [1.54, 1.807) is 12.1 Å². The van der Waals surface area contributed by atoms with Crippen LogP contribution in [0.3, 0.4) is 0 Å². The number of guanidine groups is 1. The van der Waals surface area contributed by atoms with Gasteiger partial charge in [-0.2, -0.15) is 4.99 Å². The quantitative estimate of drug-likeness (QED) is 0.660. The summed E-state index contributed by atoms with van der Waals surface area (Å²) in [5, 5.41) is 0. The molecule has 0 unspecified atom stereocenters. The zero-order chi connectivity index (χ0) is 16.3. The Balaban J connectivity index is 2.34. The van der Waals surface area contributed by atoms with Gasteiger partial charge in [0.05, 0.1) is 0 Å². The fourth-order valence-electron chi connectivity index (χ4n) is 2.18. The monoisotopic (exact) mass is 295 g/mol. The van der Waals surface area contributed by atoms with E-state index in [0.29, 0.717) is 5.56 Å². The number of nitrogens with zero attached hydrogens (tertiary/aromatic N) is 1. The van der Waals surface area contributed by atoms with Crippen LogP contribution in [0, 0.1) is 0 Å². The molecule has 0 aliphatic carbocycles. The van der Waals surface area contributed by atoms with Gasteiger partial charge in [0.25, 0.3) is 5.91 Å². The summed E-state index contributed by atoms with van der Waals surface area (Å²) in [6.07, 6.45) is 0. The molecule has 114 valence electrons. The second-order valence-corrected chi connectivity index (χ2v) is 6.25. The van der Waals surface area contributed by atoms with Gasteiger partial charge in [0.15, 0.2) is 5.96 Å². The summed E-state index contributed by atoms with van der Waals surface area (Å²) in [6.45, 7) is 6.53. The number of rotatable bonds is 2. The molecule has 0 aliphatic rings. The van der Waals surface area contributed by atoms with E-state index in [2.05, 4.69) is 50.0 Å². The molecule has 4 heteroatoms. The summed E-state index contributed by atoms with van der Waals surface area (Å²) in [4.78, 5) is 15.4. The highest BCUT2D eigenvalue weighted by Crippen LogP contribution is 2.26. The van der Waals surface area contributed by atoms with Gasteiger partial charge in [-0.3, -0.25) is 4.79 Å². The van der Waals surface area contributed by atoms with Crippen LogP contribution in [-0.4, -0.2) is 11.9 Å². The Hall–Kier alpha value is -2.62. The normalized spacial score (nSPS) is 11.0. The third-order valence-electron chi connectivity index (χ3n) is 3.42. The molecule has 4 N–H and O–H groups in total. The first-order chi connectivity index (χ1) is 10.3. The Morgan fingerprint density at radius 2 is 1.59 bits per heavy atom. The van der Waals surface area contributed by atoms with E-state index in [9.17, 15) is 4.79 Å². The van der Waals surface area contributed by atoms with Gasteiger partial charge in [-0.25, -0.2) is 0 Å². The predicted octanol–water partition coefficient (Wildman–Crippen LogP) is 3.06. The highest BCUT2D eigenvalue weighted by molar-refractivity contribution is 6.02. The van der Waals surface area contributed by atoms with Crippen molar-refractivity contribution in [1.29, 1.82) is 0 Å². The van der Waals surface area contributed by atoms with Crippen LogP contribution in [0.2, 0.25) is 0 Å². The first kappa shape index (κ1) is 15.8. The molecule has 0 bridgehead atoms. The van der Waals surface area contributed by atoms with E-state index in [1.165, 1.54) is 5.56 Å². The lowest BCUT2D eigenvalue weighted by molar-refractivity contribution is 0.100. The number of carbonyl (C=O) groups is 1. The first-order valence-electron chi connectivity index (χ1n) is 7.12. The van der Waals surface area contributed by atoms with Crippen LogP contribution in [0.25, 0.3) is 11.1 Å². The average molecular weight is 295 g/mol. The summed E-state index contributed by atoms with van der Waals surface area (Å²) in [5.41, 5.74) is 14.3. The maximum absolute atomic E-state index is 11.9. The molecule has 0 heterocycles. The Kier molecular flexibility index (Phi) is 4.31. The lowest BCUT2D eigenvalue weighted by Crippen LogP contribution is -2.24. The zero-order valence-corrected chi connectivity index (χ0v) is 13.1. The second-order valence-electron chi connectivity index (χ2n) is 6.25. The number of hydrogen-bond acceptors (Lipinski definition) is 1. The van der Waals surface area contributed by atoms with Gasteiger partial charge in [0.1, 0.15) is 0 Å². The number of hydrogen-bond donors (Lipinski definition) is 2. The molecule has 0 aliphatic heterocycles. The molecule has 0 atom stereocenters. The molecule has 4 nitrogen and oxygen atoms in total. The van der Waals surface area contributed by atoms with Crippen LogP contribution in [-0.2, 0) is 5.41 Å². The Morgan fingerprint density at radius 3 is 2.14 bits per heavy atom. The standard InChI is InChI=1S/C18H21N3O/c1-18(2,3)15-9-7-12(8-10-15)13-5-4-6-14(11-13)16(22)21-17(19)20/h4-11H,1-3H3,(H4,19,20,21,22). The van der Waals surface area contributed by atoms with E-state index < -0.39 is 5.91 Å². The van der Waals surface area contributed by atoms with Crippen LogP contribution in [0.15, 0.2) is 53.5 Å². The smallest absolute Gasteiger partial charge is 0.280 e. The number of aliphatic imine (C=N–C) groups is 1. The van der Waals surface area contributed by atoms with Crippen molar-refractivity contribution in [2.24, 2.45) is 16.5 Å². The van der Waals surface area contributed by atoms with Crippen LogP contribution in [0.5, 0.6) is 0 Å². The molecule has 22 heavy (non-hydrogen) atoms. The molecule has 0 saturated carbocycles. The minimum Gasteiger partial charge on any atom is -0.370 e. The van der Waals surface area contributed by atoms with Crippen molar-refractivity contribution in [3.8, 4) is 11.1 Å².